The number of aromatic nitrogens is 3. The summed E-state index contributed by atoms with van der Waals surface area (Å²) >= 11 is 0. The third-order valence-corrected chi connectivity index (χ3v) is 4.40. The van der Waals surface area contributed by atoms with Crippen LogP contribution in [0.25, 0.3) is 11.1 Å². The van der Waals surface area contributed by atoms with Crippen LogP contribution in [-0.4, -0.2) is 59.4 Å². The molecule has 3 rings (SSSR count). The Bertz CT molecular complexity index is 619. The van der Waals surface area contributed by atoms with Crippen molar-refractivity contribution < 1.29 is 9.26 Å². The van der Waals surface area contributed by atoms with Gasteiger partial charge in [-0.2, -0.15) is 4.98 Å². The fourth-order valence-electron chi connectivity index (χ4n) is 2.84. The predicted molar refractivity (Wildman–Crippen MR) is 79.3 cm³/mol. The van der Waals surface area contributed by atoms with Crippen LogP contribution in [0.15, 0.2) is 10.9 Å². The molecular weight excluding hydrogens is 270 g/mol. The first kappa shape index (κ1) is 14.2. The summed E-state index contributed by atoms with van der Waals surface area (Å²) in [6.07, 6.45) is 3.51. The topological polar surface area (TPSA) is 76.3 Å². The maximum absolute atomic E-state index is 5.50. The van der Waals surface area contributed by atoms with Crippen molar-refractivity contribution >= 4 is 16.9 Å². The van der Waals surface area contributed by atoms with Gasteiger partial charge in [-0.15, -0.1) is 0 Å². The number of fused-ring (bicyclic) bond motifs is 1. The van der Waals surface area contributed by atoms with E-state index >= 15 is 0 Å². The van der Waals surface area contributed by atoms with Crippen LogP contribution in [0.1, 0.15) is 18.5 Å². The Hall–Kier alpha value is -1.73. The van der Waals surface area contributed by atoms with E-state index in [0.717, 1.165) is 49.5 Å². The quantitative estimate of drug-likeness (QED) is 0.913. The van der Waals surface area contributed by atoms with Gasteiger partial charge < -0.3 is 19.5 Å². The van der Waals surface area contributed by atoms with E-state index in [-0.39, 0.29) is 5.54 Å². The van der Waals surface area contributed by atoms with Crippen LogP contribution >= 0.6 is 0 Å². The van der Waals surface area contributed by atoms with Crippen molar-refractivity contribution in [2.45, 2.75) is 25.3 Å². The number of anilines is 1. The van der Waals surface area contributed by atoms with Gasteiger partial charge in [-0.05, 0) is 33.9 Å². The molecule has 3 heterocycles. The van der Waals surface area contributed by atoms with Crippen molar-refractivity contribution in [1.29, 1.82) is 0 Å². The summed E-state index contributed by atoms with van der Waals surface area (Å²) < 4.78 is 10.7. The average molecular weight is 291 g/mol. The predicted octanol–water partition coefficient (Wildman–Crippen LogP) is 1.45. The molecule has 1 N–H and O–H groups in total. The number of hydrogen-bond acceptors (Lipinski definition) is 7. The SMILES string of the molecule is Cc1noc2ncnc(NCC3(N(C)C)CCOCC3)c12. The van der Waals surface area contributed by atoms with Gasteiger partial charge in [-0.3, -0.25) is 0 Å². The monoisotopic (exact) mass is 291 g/mol. The second-order valence-corrected chi connectivity index (χ2v) is 5.76. The van der Waals surface area contributed by atoms with Gasteiger partial charge in [-0.25, -0.2) is 4.98 Å². The molecule has 1 saturated heterocycles. The number of hydrogen-bond donors (Lipinski definition) is 1. The Morgan fingerprint density at radius 2 is 2.05 bits per heavy atom. The lowest BCUT2D eigenvalue weighted by Gasteiger charge is -2.43. The first-order valence-electron chi connectivity index (χ1n) is 7.18. The summed E-state index contributed by atoms with van der Waals surface area (Å²) in [6, 6.07) is 0. The molecular formula is C14H21N5O2. The van der Waals surface area contributed by atoms with Crippen LogP contribution in [-0.2, 0) is 4.74 Å². The molecule has 0 aromatic carbocycles. The first-order valence-corrected chi connectivity index (χ1v) is 7.18. The minimum atomic E-state index is 0.0839. The molecule has 0 atom stereocenters. The number of nitrogens with one attached hydrogen (secondary N) is 1. The van der Waals surface area contributed by atoms with Crippen molar-refractivity contribution in [2.24, 2.45) is 0 Å². The molecule has 0 aliphatic carbocycles. The van der Waals surface area contributed by atoms with Gasteiger partial charge in [0, 0.05) is 25.3 Å². The minimum Gasteiger partial charge on any atom is -0.381 e. The van der Waals surface area contributed by atoms with E-state index < -0.39 is 0 Å². The third kappa shape index (κ3) is 2.58. The van der Waals surface area contributed by atoms with E-state index in [1.54, 1.807) is 0 Å². The number of rotatable bonds is 4. The van der Waals surface area contributed by atoms with Gasteiger partial charge in [0.15, 0.2) is 0 Å². The van der Waals surface area contributed by atoms with Crippen molar-refractivity contribution in [3.63, 3.8) is 0 Å². The van der Waals surface area contributed by atoms with Crippen LogP contribution in [0.2, 0.25) is 0 Å². The number of ether oxygens (including phenoxy) is 1. The lowest BCUT2D eigenvalue weighted by molar-refractivity contribution is -0.000652. The summed E-state index contributed by atoms with van der Waals surface area (Å²) in [5.41, 5.74) is 1.41. The Morgan fingerprint density at radius 3 is 2.76 bits per heavy atom. The van der Waals surface area contributed by atoms with Crippen molar-refractivity contribution in [3.05, 3.63) is 12.0 Å². The highest BCUT2D eigenvalue weighted by Crippen LogP contribution is 2.28. The number of aryl methyl sites for hydroxylation is 1. The Labute approximate surface area is 123 Å². The molecule has 0 amide bonds. The second-order valence-electron chi connectivity index (χ2n) is 5.76. The zero-order valence-corrected chi connectivity index (χ0v) is 12.7. The zero-order chi connectivity index (χ0) is 14.9. The second kappa shape index (κ2) is 5.57. The third-order valence-electron chi connectivity index (χ3n) is 4.40. The van der Waals surface area contributed by atoms with Gasteiger partial charge in [0.2, 0.25) is 0 Å². The van der Waals surface area contributed by atoms with E-state index in [4.69, 9.17) is 9.26 Å². The summed E-state index contributed by atoms with van der Waals surface area (Å²) in [5.74, 6) is 0.784. The lowest BCUT2D eigenvalue weighted by Crippen LogP contribution is -2.53. The van der Waals surface area contributed by atoms with Crippen molar-refractivity contribution in [3.8, 4) is 0 Å². The molecule has 1 aliphatic rings. The smallest absolute Gasteiger partial charge is 0.263 e. The Kier molecular flexibility index (Phi) is 3.77. The highest BCUT2D eigenvalue weighted by atomic mass is 16.5. The number of nitrogens with zero attached hydrogens (tertiary/aromatic N) is 4. The van der Waals surface area contributed by atoms with E-state index in [9.17, 15) is 0 Å². The maximum atomic E-state index is 5.50. The van der Waals surface area contributed by atoms with Gasteiger partial charge in [-0.1, -0.05) is 5.16 Å². The molecule has 0 spiro atoms. The van der Waals surface area contributed by atoms with Gasteiger partial charge >= 0.3 is 0 Å². The lowest BCUT2D eigenvalue weighted by atomic mass is 9.88. The standard InChI is InChI=1S/C14H21N5O2/c1-10-11-12(16-9-17-13(11)21-18-10)15-8-14(19(2)3)4-6-20-7-5-14/h9H,4-8H2,1-3H3,(H,15,16,17). The molecule has 1 fully saturated rings. The van der Waals surface area contributed by atoms with Crippen molar-refractivity contribution in [1.82, 2.24) is 20.0 Å². The Morgan fingerprint density at radius 1 is 1.29 bits per heavy atom. The van der Waals surface area contributed by atoms with E-state index in [0.29, 0.717) is 5.71 Å². The maximum Gasteiger partial charge on any atom is 0.263 e. The molecule has 1 aliphatic heterocycles. The molecule has 114 valence electrons. The van der Waals surface area contributed by atoms with Gasteiger partial charge in [0.25, 0.3) is 5.71 Å². The van der Waals surface area contributed by atoms with E-state index in [1.807, 2.05) is 6.92 Å². The molecule has 0 bridgehead atoms. The summed E-state index contributed by atoms with van der Waals surface area (Å²) in [4.78, 5) is 10.7. The van der Waals surface area contributed by atoms with E-state index in [2.05, 4.69) is 39.4 Å². The fraction of sp³-hybridized carbons (Fsp3) is 0.643. The highest BCUT2D eigenvalue weighted by Gasteiger charge is 2.34. The summed E-state index contributed by atoms with van der Waals surface area (Å²) in [6.45, 7) is 4.30. The molecule has 2 aromatic rings. The van der Waals surface area contributed by atoms with Gasteiger partial charge in [0.05, 0.1) is 5.69 Å². The van der Waals surface area contributed by atoms with Crippen LogP contribution in [0, 0.1) is 6.92 Å². The molecule has 0 saturated carbocycles. The molecule has 2 aromatic heterocycles. The normalized spacial score (nSPS) is 18.3. The number of likely N-dealkylation sites (N-methyl/N-ethyl adjacent to an activating group) is 1. The first-order chi connectivity index (χ1) is 10.1. The molecule has 21 heavy (non-hydrogen) atoms. The molecule has 0 unspecified atom stereocenters. The van der Waals surface area contributed by atoms with Crippen LogP contribution in [0.4, 0.5) is 5.82 Å². The fourth-order valence-corrected chi connectivity index (χ4v) is 2.84. The molecule has 7 heteroatoms. The van der Waals surface area contributed by atoms with Crippen LogP contribution in [0.5, 0.6) is 0 Å². The van der Waals surface area contributed by atoms with Gasteiger partial charge in [0.1, 0.15) is 17.5 Å². The van der Waals surface area contributed by atoms with Crippen LogP contribution < -0.4 is 5.32 Å². The largest absolute Gasteiger partial charge is 0.381 e. The Balaban J connectivity index is 1.83. The van der Waals surface area contributed by atoms with Crippen molar-refractivity contribution in [2.75, 3.05) is 39.2 Å². The summed E-state index contributed by atoms with van der Waals surface area (Å²) in [5, 5.41) is 8.27. The minimum absolute atomic E-state index is 0.0839. The van der Waals surface area contributed by atoms with E-state index in [1.165, 1.54) is 6.33 Å². The molecule has 7 nitrogen and oxygen atoms in total. The average Bonchev–Trinajstić information content (AvgIpc) is 2.88. The zero-order valence-electron chi connectivity index (χ0n) is 12.7. The van der Waals surface area contributed by atoms with Crippen LogP contribution in [0.3, 0.4) is 0 Å². The highest BCUT2D eigenvalue weighted by molar-refractivity contribution is 5.87. The molecule has 0 radical (unpaired) electrons. The summed E-state index contributed by atoms with van der Waals surface area (Å²) in [7, 11) is 4.24.